The highest BCUT2D eigenvalue weighted by Crippen LogP contribution is 2.18. The number of anilines is 1. The first-order valence-electron chi connectivity index (χ1n) is 8.32. The molecule has 1 aliphatic rings. The van der Waals surface area contributed by atoms with Gasteiger partial charge in [-0.2, -0.15) is 0 Å². The summed E-state index contributed by atoms with van der Waals surface area (Å²) < 4.78 is 0. The van der Waals surface area contributed by atoms with Crippen LogP contribution in [0.3, 0.4) is 0 Å². The van der Waals surface area contributed by atoms with Gasteiger partial charge in [0, 0.05) is 37.3 Å². The minimum absolute atomic E-state index is 0.00178. The molecule has 0 fully saturated rings. The van der Waals surface area contributed by atoms with Gasteiger partial charge in [-0.05, 0) is 36.6 Å². The van der Waals surface area contributed by atoms with Gasteiger partial charge in [-0.3, -0.25) is 14.5 Å². The van der Waals surface area contributed by atoms with Crippen molar-refractivity contribution in [1.29, 1.82) is 0 Å². The molecule has 2 aromatic rings. The summed E-state index contributed by atoms with van der Waals surface area (Å²) in [5.74, 6) is -0.0207. The molecule has 0 unspecified atom stereocenters. The molecule has 124 valence electrons. The van der Waals surface area contributed by atoms with Gasteiger partial charge in [0.1, 0.15) is 0 Å². The fourth-order valence-corrected chi connectivity index (χ4v) is 3.04. The Hall–Kier alpha value is -2.46. The number of nitrogens with one attached hydrogen (secondary N) is 1. The molecule has 0 bridgehead atoms. The highest BCUT2D eigenvalue weighted by molar-refractivity contribution is 5.97. The highest BCUT2D eigenvalue weighted by atomic mass is 16.1. The van der Waals surface area contributed by atoms with Crippen molar-refractivity contribution in [3.63, 3.8) is 0 Å². The first-order valence-corrected chi connectivity index (χ1v) is 8.32. The Kier molecular flexibility index (Phi) is 5.06. The number of amides is 1. The molecule has 0 saturated carbocycles. The summed E-state index contributed by atoms with van der Waals surface area (Å²) >= 11 is 0. The summed E-state index contributed by atoms with van der Waals surface area (Å²) in [7, 11) is 0. The molecule has 0 atom stereocenters. The van der Waals surface area contributed by atoms with Crippen molar-refractivity contribution in [1.82, 2.24) is 4.90 Å². The summed E-state index contributed by atoms with van der Waals surface area (Å²) in [5.41, 5.74) is 4.06. The first kappa shape index (κ1) is 16.4. The molecule has 4 nitrogen and oxygen atoms in total. The molecule has 1 amide bonds. The van der Waals surface area contributed by atoms with Crippen LogP contribution in [0.5, 0.6) is 0 Å². The zero-order valence-electron chi connectivity index (χ0n) is 13.9. The van der Waals surface area contributed by atoms with Crippen LogP contribution in [-0.2, 0) is 17.8 Å². The molecule has 0 aliphatic carbocycles. The number of rotatable bonds is 5. The van der Waals surface area contributed by atoms with Crippen LogP contribution < -0.4 is 5.32 Å². The topological polar surface area (TPSA) is 49.4 Å². The van der Waals surface area contributed by atoms with Crippen LogP contribution in [0.4, 0.5) is 5.69 Å². The summed E-state index contributed by atoms with van der Waals surface area (Å²) in [6.45, 7) is 4.16. The lowest BCUT2D eigenvalue weighted by molar-refractivity contribution is -0.116. The third-order valence-corrected chi connectivity index (χ3v) is 4.42. The summed E-state index contributed by atoms with van der Waals surface area (Å²) in [6.07, 6.45) is 1.49. The van der Waals surface area contributed by atoms with Crippen molar-refractivity contribution in [3.05, 3.63) is 65.2 Å². The predicted octanol–water partition coefficient (Wildman–Crippen LogP) is 3.28. The van der Waals surface area contributed by atoms with Crippen molar-refractivity contribution >= 4 is 17.4 Å². The number of hydrogen-bond donors (Lipinski definition) is 1. The van der Waals surface area contributed by atoms with Crippen LogP contribution in [-0.4, -0.2) is 29.7 Å². The van der Waals surface area contributed by atoms with Gasteiger partial charge in [-0.15, -0.1) is 0 Å². The first-order chi connectivity index (χ1) is 11.6. The second-order valence-electron chi connectivity index (χ2n) is 6.23. The van der Waals surface area contributed by atoms with Gasteiger partial charge in [0.15, 0.2) is 5.78 Å². The standard InChI is InChI=1S/C20H22N2O2/c1-15(23)17-7-4-8-19(13-17)21-20(24)10-12-22-11-9-16-5-2-3-6-18(16)14-22/h2-8,13H,9-12,14H2,1H3,(H,21,24). The maximum atomic E-state index is 12.2. The second-order valence-corrected chi connectivity index (χ2v) is 6.23. The molecule has 0 saturated heterocycles. The largest absolute Gasteiger partial charge is 0.326 e. The van der Waals surface area contributed by atoms with Gasteiger partial charge in [-0.25, -0.2) is 0 Å². The SMILES string of the molecule is CC(=O)c1cccc(NC(=O)CCN2CCc3ccccc3C2)c1. The van der Waals surface area contributed by atoms with E-state index in [1.54, 1.807) is 18.2 Å². The minimum atomic E-state index is -0.0189. The normalized spacial score (nSPS) is 14.0. The number of hydrogen-bond acceptors (Lipinski definition) is 3. The quantitative estimate of drug-likeness (QED) is 0.860. The van der Waals surface area contributed by atoms with Crippen molar-refractivity contribution in [2.24, 2.45) is 0 Å². The molecule has 0 aromatic heterocycles. The number of benzene rings is 2. The average Bonchev–Trinajstić information content (AvgIpc) is 2.60. The van der Waals surface area contributed by atoms with E-state index in [1.807, 2.05) is 6.07 Å². The van der Waals surface area contributed by atoms with Gasteiger partial charge in [0.2, 0.25) is 5.91 Å². The highest BCUT2D eigenvalue weighted by Gasteiger charge is 2.16. The van der Waals surface area contributed by atoms with Crippen molar-refractivity contribution < 1.29 is 9.59 Å². The summed E-state index contributed by atoms with van der Waals surface area (Å²) in [4.78, 5) is 25.9. The lowest BCUT2D eigenvalue weighted by atomic mass is 10.00. The van der Waals surface area contributed by atoms with Crippen molar-refractivity contribution in [2.45, 2.75) is 26.3 Å². The van der Waals surface area contributed by atoms with E-state index >= 15 is 0 Å². The zero-order chi connectivity index (χ0) is 16.9. The fourth-order valence-electron chi connectivity index (χ4n) is 3.04. The monoisotopic (exact) mass is 322 g/mol. The van der Waals surface area contributed by atoms with Crippen LogP contribution in [0.15, 0.2) is 48.5 Å². The third kappa shape index (κ3) is 4.09. The Labute approximate surface area is 142 Å². The van der Waals surface area contributed by atoms with Gasteiger partial charge in [0.25, 0.3) is 0 Å². The lowest BCUT2D eigenvalue weighted by Gasteiger charge is -2.28. The molecular weight excluding hydrogens is 300 g/mol. The average molecular weight is 322 g/mol. The molecule has 0 spiro atoms. The molecule has 0 radical (unpaired) electrons. The Bertz CT molecular complexity index is 755. The number of ketones is 1. The number of Topliss-reactive ketones (excluding diaryl/α,β-unsaturated/α-hetero) is 1. The zero-order valence-corrected chi connectivity index (χ0v) is 13.9. The number of carbonyl (C=O) groups excluding carboxylic acids is 2. The smallest absolute Gasteiger partial charge is 0.225 e. The molecular formula is C20H22N2O2. The van der Waals surface area contributed by atoms with E-state index in [-0.39, 0.29) is 11.7 Å². The van der Waals surface area contributed by atoms with E-state index in [9.17, 15) is 9.59 Å². The maximum absolute atomic E-state index is 12.2. The summed E-state index contributed by atoms with van der Waals surface area (Å²) in [5, 5.41) is 2.88. The Morgan fingerprint density at radius 2 is 1.88 bits per heavy atom. The van der Waals surface area contributed by atoms with E-state index in [1.165, 1.54) is 18.1 Å². The van der Waals surface area contributed by atoms with Gasteiger partial charge in [0.05, 0.1) is 0 Å². The Morgan fingerprint density at radius 1 is 1.08 bits per heavy atom. The number of nitrogens with zero attached hydrogens (tertiary/aromatic N) is 1. The summed E-state index contributed by atoms with van der Waals surface area (Å²) in [6, 6.07) is 15.6. The van der Waals surface area contributed by atoms with Crippen LogP contribution in [0.2, 0.25) is 0 Å². The van der Waals surface area contributed by atoms with Crippen molar-refractivity contribution in [3.8, 4) is 0 Å². The molecule has 1 N–H and O–H groups in total. The van der Waals surface area contributed by atoms with Gasteiger partial charge >= 0.3 is 0 Å². The maximum Gasteiger partial charge on any atom is 0.225 e. The Morgan fingerprint density at radius 3 is 2.67 bits per heavy atom. The van der Waals surface area contributed by atoms with E-state index in [4.69, 9.17) is 0 Å². The number of fused-ring (bicyclic) bond motifs is 1. The number of carbonyl (C=O) groups is 2. The predicted molar refractivity (Wildman–Crippen MR) is 95.1 cm³/mol. The fraction of sp³-hybridized carbons (Fsp3) is 0.300. The molecule has 1 aliphatic heterocycles. The van der Waals surface area contributed by atoms with Gasteiger partial charge < -0.3 is 5.32 Å². The third-order valence-electron chi connectivity index (χ3n) is 4.42. The van der Waals surface area contributed by atoms with E-state index in [2.05, 4.69) is 34.5 Å². The molecule has 4 heteroatoms. The van der Waals surface area contributed by atoms with E-state index < -0.39 is 0 Å². The van der Waals surface area contributed by atoms with Gasteiger partial charge in [-0.1, -0.05) is 36.4 Å². The van der Waals surface area contributed by atoms with Crippen LogP contribution >= 0.6 is 0 Å². The van der Waals surface area contributed by atoms with E-state index in [0.29, 0.717) is 17.7 Å². The second kappa shape index (κ2) is 7.41. The lowest BCUT2D eigenvalue weighted by Crippen LogP contribution is -2.33. The molecule has 1 heterocycles. The minimum Gasteiger partial charge on any atom is -0.326 e. The Balaban J connectivity index is 1.51. The van der Waals surface area contributed by atoms with Crippen LogP contribution in [0, 0.1) is 0 Å². The van der Waals surface area contributed by atoms with E-state index in [0.717, 1.165) is 26.1 Å². The molecule has 2 aromatic carbocycles. The van der Waals surface area contributed by atoms with Crippen LogP contribution in [0.1, 0.15) is 34.8 Å². The molecule has 24 heavy (non-hydrogen) atoms. The molecule has 3 rings (SSSR count). The van der Waals surface area contributed by atoms with Crippen molar-refractivity contribution in [2.75, 3.05) is 18.4 Å². The van der Waals surface area contributed by atoms with Crippen LogP contribution in [0.25, 0.3) is 0 Å².